The van der Waals surface area contributed by atoms with Crippen molar-refractivity contribution in [1.82, 2.24) is 9.88 Å². The van der Waals surface area contributed by atoms with Gasteiger partial charge in [-0.1, -0.05) is 11.6 Å². The first-order chi connectivity index (χ1) is 7.75. The minimum atomic E-state index is -0.000648. The van der Waals surface area contributed by atoms with Crippen LogP contribution in [-0.4, -0.2) is 29.5 Å². The molecule has 0 amide bonds. The van der Waals surface area contributed by atoms with E-state index in [1.807, 2.05) is 6.07 Å². The standard InChI is InChI=1S/C12H18ClN3/c13-10-3-5-15-12(9-10)11(14)4-8-16-6-1-2-7-16/h3,5,9,11H,1-2,4,6-8,14H2. The minimum Gasteiger partial charge on any atom is -0.323 e. The molecule has 1 aromatic rings. The Bertz CT molecular complexity index is 337. The van der Waals surface area contributed by atoms with Crippen LogP contribution in [0.4, 0.5) is 0 Å². The largest absolute Gasteiger partial charge is 0.323 e. The third-order valence-electron chi connectivity index (χ3n) is 3.08. The fourth-order valence-corrected chi connectivity index (χ4v) is 2.27. The zero-order chi connectivity index (χ0) is 11.4. The van der Waals surface area contributed by atoms with Gasteiger partial charge in [0.1, 0.15) is 0 Å². The van der Waals surface area contributed by atoms with Crippen molar-refractivity contribution < 1.29 is 0 Å². The van der Waals surface area contributed by atoms with Crippen LogP contribution in [0, 0.1) is 0 Å². The van der Waals surface area contributed by atoms with E-state index >= 15 is 0 Å². The number of halogens is 1. The molecule has 88 valence electrons. The van der Waals surface area contributed by atoms with Gasteiger partial charge in [-0.25, -0.2) is 0 Å². The normalized spacial score (nSPS) is 18.9. The van der Waals surface area contributed by atoms with Crippen molar-refractivity contribution in [3.8, 4) is 0 Å². The Morgan fingerprint density at radius 1 is 1.44 bits per heavy atom. The lowest BCUT2D eigenvalue weighted by atomic mass is 10.1. The Balaban J connectivity index is 1.85. The number of nitrogens with two attached hydrogens (primary N) is 1. The zero-order valence-electron chi connectivity index (χ0n) is 9.40. The molecule has 0 radical (unpaired) electrons. The van der Waals surface area contributed by atoms with Crippen molar-refractivity contribution in [2.45, 2.75) is 25.3 Å². The first-order valence-electron chi connectivity index (χ1n) is 5.85. The van der Waals surface area contributed by atoms with Crippen LogP contribution in [0.1, 0.15) is 31.0 Å². The number of aromatic nitrogens is 1. The predicted molar refractivity (Wildman–Crippen MR) is 66.5 cm³/mol. The van der Waals surface area contributed by atoms with E-state index in [9.17, 15) is 0 Å². The molecule has 1 fully saturated rings. The lowest BCUT2D eigenvalue weighted by Crippen LogP contribution is -2.24. The summed E-state index contributed by atoms with van der Waals surface area (Å²) in [6, 6.07) is 3.63. The maximum atomic E-state index is 6.09. The topological polar surface area (TPSA) is 42.1 Å². The van der Waals surface area contributed by atoms with Crippen molar-refractivity contribution in [3.05, 3.63) is 29.0 Å². The van der Waals surface area contributed by atoms with Crippen molar-refractivity contribution in [1.29, 1.82) is 0 Å². The summed E-state index contributed by atoms with van der Waals surface area (Å²) in [4.78, 5) is 6.72. The average molecular weight is 240 g/mol. The smallest absolute Gasteiger partial charge is 0.0586 e. The summed E-state index contributed by atoms with van der Waals surface area (Å²) in [6.07, 6.45) is 5.32. The molecule has 2 rings (SSSR count). The molecule has 0 spiro atoms. The number of hydrogen-bond acceptors (Lipinski definition) is 3. The van der Waals surface area contributed by atoms with Gasteiger partial charge in [-0.2, -0.15) is 0 Å². The molecule has 2 N–H and O–H groups in total. The molecule has 4 heteroatoms. The molecule has 1 aliphatic rings. The van der Waals surface area contributed by atoms with E-state index in [1.165, 1.54) is 25.9 Å². The molecule has 0 bridgehead atoms. The molecular formula is C12H18ClN3. The summed E-state index contributed by atoms with van der Waals surface area (Å²) >= 11 is 5.91. The highest BCUT2D eigenvalue weighted by atomic mass is 35.5. The third kappa shape index (κ3) is 3.17. The molecule has 0 aromatic carbocycles. The van der Waals surface area contributed by atoms with E-state index in [-0.39, 0.29) is 6.04 Å². The van der Waals surface area contributed by atoms with Crippen molar-refractivity contribution in [2.75, 3.05) is 19.6 Å². The first kappa shape index (κ1) is 11.8. The SMILES string of the molecule is NC(CCN1CCCC1)c1cc(Cl)ccn1. The summed E-state index contributed by atoms with van der Waals surface area (Å²) in [5.41, 5.74) is 6.99. The highest BCUT2D eigenvalue weighted by molar-refractivity contribution is 6.30. The van der Waals surface area contributed by atoms with Gasteiger partial charge in [-0.05, 0) is 51.0 Å². The van der Waals surface area contributed by atoms with Crippen molar-refractivity contribution in [3.63, 3.8) is 0 Å². The summed E-state index contributed by atoms with van der Waals surface area (Å²) in [5.74, 6) is 0. The number of rotatable bonds is 4. The molecule has 1 unspecified atom stereocenters. The summed E-state index contributed by atoms with van der Waals surface area (Å²) in [7, 11) is 0. The Labute approximate surface area is 102 Å². The number of hydrogen-bond donors (Lipinski definition) is 1. The maximum Gasteiger partial charge on any atom is 0.0586 e. The van der Waals surface area contributed by atoms with Gasteiger partial charge >= 0.3 is 0 Å². The molecule has 2 heterocycles. The van der Waals surface area contributed by atoms with Crippen LogP contribution < -0.4 is 5.73 Å². The Hall–Kier alpha value is -0.640. The summed E-state index contributed by atoms with van der Waals surface area (Å²) < 4.78 is 0. The summed E-state index contributed by atoms with van der Waals surface area (Å²) in [6.45, 7) is 3.50. The van der Waals surface area contributed by atoms with E-state index in [2.05, 4.69) is 9.88 Å². The quantitative estimate of drug-likeness (QED) is 0.876. The van der Waals surface area contributed by atoms with Gasteiger partial charge in [-0.15, -0.1) is 0 Å². The van der Waals surface area contributed by atoms with E-state index < -0.39 is 0 Å². The Morgan fingerprint density at radius 3 is 2.88 bits per heavy atom. The second-order valence-electron chi connectivity index (χ2n) is 4.34. The number of nitrogens with zero attached hydrogens (tertiary/aromatic N) is 2. The third-order valence-corrected chi connectivity index (χ3v) is 3.31. The second-order valence-corrected chi connectivity index (χ2v) is 4.78. The average Bonchev–Trinajstić information content (AvgIpc) is 2.78. The van der Waals surface area contributed by atoms with E-state index in [1.54, 1.807) is 12.3 Å². The van der Waals surface area contributed by atoms with Gasteiger partial charge < -0.3 is 10.6 Å². The lowest BCUT2D eigenvalue weighted by molar-refractivity contribution is 0.321. The maximum absolute atomic E-state index is 6.09. The molecular weight excluding hydrogens is 222 g/mol. The van der Waals surface area contributed by atoms with Gasteiger partial charge in [0.05, 0.1) is 5.69 Å². The molecule has 1 atom stereocenters. The van der Waals surface area contributed by atoms with Gasteiger partial charge in [0, 0.05) is 17.3 Å². The van der Waals surface area contributed by atoms with Gasteiger partial charge in [0.25, 0.3) is 0 Å². The second kappa shape index (κ2) is 5.62. The highest BCUT2D eigenvalue weighted by Gasteiger charge is 2.14. The molecule has 1 aromatic heterocycles. The van der Waals surface area contributed by atoms with E-state index in [0.717, 1.165) is 18.7 Å². The van der Waals surface area contributed by atoms with Crippen LogP contribution in [0.5, 0.6) is 0 Å². The van der Waals surface area contributed by atoms with Gasteiger partial charge in [0.15, 0.2) is 0 Å². The monoisotopic (exact) mass is 239 g/mol. The molecule has 16 heavy (non-hydrogen) atoms. The minimum absolute atomic E-state index is 0.000648. The fourth-order valence-electron chi connectivity index (χ4n) is 2.10. The Kier molecular flexibility index (Phi) is 4.16. The van der Waals surface area contributed by atoms with E-state index in [0.29, 0.717) is 5.02 Å². The van der Waals surface area contributed by atoms with Crippen LogP contribution in [-0.2, 0) is 0 Å². The van der Waals surface area contributed by atoms with Gasteiger partial charge in [0.2, 0.25) is 0 Å². The fraction of sp³-hybridized carbons (Fsp3) is 0.583. The van der Waals surface area contributed by atoms with Crippen molar-refractivity contribution >= 4 is 11.6 Å². The number of likely N-dealkylation sites (tertiary alicyclic amines) is 1. The zero-order valence-corrected chi connectivity index (χ0v) is 10.2. The molecule has 0 saturated carbocycles. The lowest BCUT2D eigenvalue weighted by Gasteiger charge is -2.17. The molecule has 3 nitrogen and oxygen atoms in total. The van der Waals surface area contributed by atoms with Crippen LogP contribution in [0.15, 0.2) is 18.3 Å². The summed E-state index contributed by atoms with van der Waals surface area (Å²) in [5, 5.41) is 0.710. The first-order valence-corrected chi connectivity index (χ1v) is 6.23. The van der Waals surface area contributed by atoms with E-state index in [4.69, 9.17) is 17.3 Å². The van der Waals surface area contributed by atoms with Crippen LogP contribution in [0.2, 0.25) is 5.02 Å². The number of pyridine rings is 1. The highest BCUT2D eigenvalue weighted by Crippen LogP contribution is 2.17. The van der Waals surface area contributed by atoms with Crippen LogP contribution >= 0.6 is 11.6 Å². The van der Waals surface area contributed by atoms with Crippen LogP contribution in [0.25, 0.3) is 0 Å². The van der Waals surface area contributed by atoms with Crippen LogP contribution in [0.3, 0.4) is 0 Å². The molecule has 0 aliphatic carbocycles. The predicted octanol–water partition coefficient (Wildman–Crippen LogP) is 2.22. The van der Waals surface area contributed by atoms with Crippen molar-refractivity contribution in [2.24, 2.45) is 5.73 Å². The molecule has 1 saturated heterocycles. The van der Waals surface area contributed by atoms with Gasteiger partial charge in [-0.3, -0.25) is 4.98 Å². The Morgan fingerprint density at radius 2 is 2.19 bits per heavy atom. The molecule has 1 aliphatic heterocycles.